The number of hydrogen-bond acceptors (Lipinski definition) is 4. The lowest BCUT2D eigenvalue weighted by Crippen LogP contribution is -2.29. The fourth-order valence-electron chi connectivity index (χ4n) is 2.35. The highest BCUT2D eigenvalue weighted by Crippen LogP contribution is 2.19. The molecule has 0 aliphatic rings. The molecule has 0 radical (unpaired) electrons. The lowest BCUT2D eigenvalue weighted by atomic mass is 10.1. The molecule has 1 N–H and O–H groups in total. The first-order chi connectivity index (χ1) is 12.5. The number of carbonyl (C=O) groups is 2. The minimum atomic E-state index is -0.929. The van der Waals surface area contributed by atoms with Crippen molar-refractivity contribution in [1.82, 2.24) is 0 Å². The van der Waals surface area contributed by atoms with E-state index in [0.717, 1.165) is 10.8 Å². The van der Waals surface area contributed by atoms with Gasteiger partial charge < -0.3 is 14.5 Å². The first-order valence-electron chi connectivity index (χ1n) is 7.95. The molecular formula is C20H16BrNO4. The van der Waals surface area contributed by atoms with Crippen molar-refractivity contribution in [1.29, 1.82) is 0 Å². The molecule has 1 heterocycles. The third-order valence-corrected chi connectivity index (χ3v) is 4.08. The molecule has 0 spiro atoms. The third kappa shape index (κ3) is 4.61. The number of amides is 1. The molecule has 1 atom stereocenters. The highest BCUT2D eigenvalue weighted by molar-refractivity contribution is 9.10. The van der Waals surface area contributed by atoms with E-state index in [1.165, 1.54) is 19.1 Å². The van der Waals surface area contributed by atoms with Gasteiger partial charge in [-0.1, -0.05) is 30.3 Å². The average molecular weight is 414 g/mol. The van der Waals surface area contributed by atoms with E-state index in [2.05, 4.69) is 21.2 Å². The van der Waals surface area contributed by atoms with Crippen molar-refractivity contribution in [3.05, 3.63) is 71.1 Å². The van der Waals surface area contributed by atoms with E-state index in [1.54, 1.807) is 12.1 Å². The first-order valence-corrected chi connectivity index (χ1v) is 8.74. The van der Waals surface area contributed by atoms with Gasteiger partial charge in [0.05, 0.1) is 0 Å². The summed E-state index contributed by atoms with van der Waals surface area (Å²) in [6, 6.07) is 16.9. The Balaban J connectivity index is 1.58. The van der Waals surface area contributed by atoms with Crippen LogP contribution in [0, 0.1) is 0 Å². The van der Waals surface area contributed by atoms with Crippen LogP contribution in [0.2, 0.25) is 0 Å². The second-order valence-electron chi connectivity index (χ2n) is 5.61. The van der Waals surface area contributed by atoms with Gasteiger partial charge in [-0.25, -0.2) is 4.79 Å². The Labute approximate surface area is 158 Å². The largest absolute Gasteiger partial charge is 0.450 e. The summed E-state index contributed by atoms with van der Waals surface area (Å²) in [7, 11) is 0. The molecule has 6 heteroatoms. The Bertz CT molecular complexity index is 977. The van der Waals surface area contributed by atoms with Crippen molar-refractivity contribution in [2.24, 2.45) is 0 Å². The zero-order valence-electron chi connectivity index (χ0n) is 13.9. The summed E-state index contributed by atoms with van der Waals surface area (Å²) >= 11 is 3.18. The van der Waals surface area contributed by atoms with Crippen molar-refractivity contribution < 1.29 is 18.7 Å². The molecule has 0 aliphatic carbocycles. The molecule has 2 aromatic carbocycles. The number of fused-ring (bicyclic) bond motifs is 1. The minimum absolute atomic E-state index is 0.400. The molecule has 0 aliphatic heterocycles. The van der Waals surface area contributed by atoms with Crippen LogP contribution in [-0.2, 0) is 14.3 Å². The molecule has 1 amide bonds. The fourth-order valence-corrected chi connectivity index (χ4v) is 2.67. The van der Waals surface area contributed by atoms with Gasteiger partial charge in [0, 0.05) is 11.8 Å². The second-order valence-corrected chi connectivity index (χ2v) is 6.39. The van der Waals surface area contributed by atoms with Crippen LogP contribution in [0.25, 0.3) is 16.8 Å². The SMILES string of the molecule is C[C@@H](OC(=O)/C=C/c1ccc(Br)o1)C(=O)Nc1ccc2ccccc2c1. The predicted molar refractivity (Wildman–Crippen MR) is 104 cm³/mol. The van der Waals surface area contributed by atoms with Crippen LogP contribution in [0.5, 0.6) is 0 Å². The maximum Gasteiger partial charge on any atom is 0.331 e. The third-order valence-electron chi connectivity index (χ3n) is 3.66. The average Bonchev–Trinajstić information content (AvgIpc) is 3.05. The summed E-state index contributed by atoms with van der Waals surface area (Å²) in [5.74, 6) is -0.524. The second kappa shape index (κ2) is 8.01. The Hall–Kier alpha value is -2.86. The minimum Gasteiger partial charge on any atom is -0.450 e. The summed E-state index contributed by atoms with van der Waals surface area (Å²) in [5, 5.41) is 4.85. The van der Waals surface area contributed by atoms with Crippen LogP contribution in [0.3, 0.4) is 0 Å². The zero-order valence-corrected chi connectivity index (χ0v) is 15.5. The van der Waals surface area contributed by atoms with Gasteiger partial charge in [-0.15, -0.1) is 0 Å². The highest BCUT2D eigenvalue weighted by atomic mass is 79.9. The molecule has 26 heavy (non-hydrogen) atoms. The molecule has 1 aromatic heterocycles. The lowest BCUT2D eigenvalue weighted by Gasteiger charge is -2.12. The number of ether oxygens (including phenoxy) is 1. The van der Waals surface area contributed by atoms with Crippen molar-refractivity contribution in [2.75, 3.05) is 5.32 Å². The first kappa shape index (κ1) is 17.9. The number of hydrogen-bond donors (Lipinski definition) is 1. The van der Waals surface area contributed by atoms with Gasteiger partial charge in [0.25, 0.3) is 5.91 Å². The lowest BCUT2D eigenvalue weighted by molar-refractivity contribution is -0.148. The molecule has 0 unspecified atom stereocenters. The van der Waals surface area contributed by atoms with Crippen molar-refractivity contribution in [2.45, 2.75) is 13.0 Å². The van der Waals surface area contributed by atoms with Crippen LogP contribution in [0.1, 0.15) is 12.7 Å². The smallest absolute Gasteiger partial charge is 0.331 e. The van der Waals surface area contributed by atoms with Gasteiger partial charge in [-0.05, 0) is 64.0 Å². The number of nitrogens with one attached hydrogen (secondary N) is 1. The summed E-state index contributed by atoms with van der Waals surface area (Å²) in [4.78, 5) is 24.0. The van der Waals surface area contributed by atoms with Crippen molar-refractivity contribution >= 4 is 50.3 Å². The van der Waals surface area contributed by atoms with Gasteiger partial charge in [-0.2, -0.15) is 0 Å². The Morgan fingerprint density at radius 3 is 2.62 bits per heavy atom. The number of halogens is 1. The number of anilines is 1. The number of carbonyl (C=O) groups excluding carboxylic acids is 2. The number of benzene rings is 2. The maximum absolute atomic E-state index is 12.2. The molecule has 3 rings (SSSR count). The molecule has 0 bridgehead atoms. The van der Waals surface area contributed by atoms with E-state index >= 15 is 0 Å². The van der Waals surface area contributed by atoms with Crippen molar-refractivity contribution in [3.63, 3.8) is 0 Å². The normalized spacial score (nSPS) is 12.2. The monoisotopic (exact) mass is 413 g/mol. The summed E-state index contributed by atoms with van der Waals surface area (Å²) < 4.78 is 10.9. The standard InChI is InChI=1S/C20H16BrNO4/c1-13(25-19(23)11-9-17-8-10-18(21)26-17)20(24)22-16-7-6-14-4-2-3-5-15(14)12-16/h2-13H,1H3,(H,22,24)/b11-9+/t13-/m1/s1. The molecular weight excluding hydrogens is 398 g/mol. The summed E-state index contributed by atoms with van der Waals surface area (Å²) in [6.07, 6.45) is 1.76. The molecule has 0 saturated heterocycles. The summed E-state index contributed by atoms with van der Waals surface area (Å²) in [6.45, 7) is 1.52. The number of rotatable bonds is 5. The zero-order chi connectivity index (χ0) is 18.5. The van der Waals surface area contributed by atoms with E-state index in [1.807, 2.05) is 42.5 Å². The molecule has 5 nitrogen and oxygen atoms in total. The quantitative estimate of drug-likeness (QED) is 0.482. The van der Waals surface area contributed by atoms with Crippen LogP contribution in [0.15, 0.2) is 69.8 Å². The summed E-state index contributed by atoms with van der Waals surface area (Å²) in [5.41, 5.74) is 0.646. The molecule has 132 valence electrons. The van der Waals surface area contributed by atoms with Gasteiger partial charge in [0.2, 0.25) is 0 Å². The topological polar surface area (TPSA) is 68.5 Å². The van der Waals surface area contributed by atoms with E-state index in [4.69, 9.17) is 9.15 Å². The van der Waals surface area contributed by atoms with Crippen LogP contribution in [-0.4, -0.2) is 18.0 Å². The molecule has 3 aromatic rings. The molecule has 0 fully saturated rings. The van der Waals surface area contributed by atoms with Crippen LogP contribution in [0.4, 0.5) is 5.69 Å². The Morgan fingerprint density at radius 2 is 1.88 bits per heavy atom. The predicted octanol–water partition coefficient (Wildman–Crippen LogP) is 4.78. The van der Waals surface area contributed by atoms with Crippen LogP contribution < -0.4 is 5.32 Å². The number of furan rings is 1. The number of esters is 1. The van der Waals surface area contributed by atoms with Crippen molar-refractivity contribution in [3.8, 4) is 0 Å². The Morgan fingerprint density at radius 1 is 1.12 bits per heavy atom. The van der Waals surface area contributed by atoms with Gasteiger partial charge in [0.15, 0.2) is 10.8 Å². The van der Waals surface area contributed by atoms with Gasteiger partial charge in [-0.3, -0.25) is 4.79 Å². The van der Waals surface area contributed by atoms with Gasteiger partial charge >= 0.3 is 5.97 Å². The fraction of sp³-hybridized carbons (Fsp3) is 0.100. The van der Waals surface area contributed by atoms with E-state index < -0.39 is 18.0 Å². The van der Waals surface area contributed by atoms with Gasteiger partial charge in [0.1, 0.15) is 5.76 Å². The van der Waals surface area contributed by atoms with E-state index in [-0.39, 0.29) is 0 Å². The van der Waals surface area contributed by atoms with E-state index in [0.29, 0.717) is 16.1 Å². The van der Waals surface area contributed by atoms with Crippen LogP contribution >= 0.6 is 15.9 Å². The maximum atomic E-state index is 12.2. The highest BCUT2D eigenvalue weighted by Gasteiger charge is 2.16. The van der Waals surface area contributed by atoms with E-state index in [9.17, 15) is 9.59 Å². The molecule has 0 saturated carbocycles. The Kier molecular flexibility index (Phi) is 5.53.